The molecule has 0 aromatic carbocycles. The summed E-state index contributed by atoms with van der Waals surface area (Å²) in [5.74, 6) is -0.629. The first-order valence-electron chi connectivity index (χ1n) is 5.75. The molecule has 0 aliphatic carbocycles. The van der Waals surface area contributed by atoms with E-state index in [-0.39, 0.29) is 0 Å². The molecule has 0 fully saturated rings. The fourth-order valence-corrected chi connectivity index (χ4v) is 2.19. The Kier molecular flexibility index (Phi) is 5.84. The molecule has 7 heteroatoms. The van der Waals surface area contributed by atoms with Crippen LogP contribution in [0.3, 0.4) is 0 Å². The van der Waals surface area contributed by atoms with Crippen LogP contribution in [0.25, 0.3) is 0 Å². The van der Waals surface area contributed by atoms with E-state index in [2.05, 4.69) is 6.92 Å². The molecule has 0 saturated heterocycles. The second kappa shape index (κ2) is 7.15. The highest BCUT2D eigenvalue weighted by Crippen LogP contribution is 2.09. The van der Waals surface area contributed by atoms with Crippen molar-refractivity contribution in [1.82, 2.24) is 9.55 Å². The maximum atomic E-state index is 12.9. The minimum Gasteiger partial charge on any atom is -0.311 e. The summed E-state index contributed by atoms with van der Waals surface area (Å²) < 4.78 is 13.2. The first-order valence-corrected chi connectivity index (χ1v) is 6.74. The van der Waals surface area contributed by atoms with Gasteiger partial charge < -0.3 is 4.98 Å². The molecule has 1 N–H and O–H groups in total. The van der Waals surface area contributed by atoms with Crippen LogP contribution in [-0.4, -0.2) is 20.5 Å². The number of carbonyl (C=O) groups is 1. The Hall–Kier alpha value is -1.37. The quantitative estimate of drug-likeness (QED) is 0.833. The van der Waals surface area contributed by atoms with E-state index in [0.29, 0.717) is 16.5 Å². The van der Waals surface area contributed by atoms with Crippen molar-refractivity contribution in [2.24, 2.45) is 0 Å². The van der Waals surface area contributed by atoms with Crippen molar-refractivity contribution in [2.45, 2.75) is 32.6 Å². The molecule has 1 aromatic heterocycles. The van der Waals surface area contributed by atoms with Crippen molar-refractivity contribution < 1.29 is 9.18 Å². The minimum absolute atomic E-state index is 0.291. The van der Waals surface area contributed by atoms with Gasteiger partial charge in [0.2, 0.25) is 5.82 Å². The van der Waals surface area contributed by atoms with Crippen molar-refractivity contribution in [3.63, 3.8) is 0 Å². The van der Waals surface area contributed by atoms with Crippen LogP contribution in [0.4, 0.5) is 9.18 Å². The largest absolute Gasteiger partial charge is 0.336 e. The van der Waals surface area contributed by atoms with E-state index in [1.54, 1.807) is 0 Å². The minimum atomic E-state index is -1.20. The van der Waals surface area contributed by atoms with E-state index in [4.69, 9.17) is 0 Å². The van der Waals surface area contributed by atoms with Gasteiger partial charge in [0.1, 0.15) is 0 Å². The van der Waals surface area contributed by atoms with Crippen LogP contribution >= 0.6 is 11.8 Å². The summed E-state index contributed by atoms with van der Waals surface area (Å²) in [6.07, 6.45) is 4.63. The van der Waals surface area contributed by atoms with Gasteiger partial charge in [-0.2, -0.15) is 8.96 Å². The van der Waals surface area contributed by atoms with E-state index >= 15 is 0 Å². The van der Waals surface area contributed by atoms with Crippen LogP contribution in [0, 0.1) is 5.82 Å². The highest BCUT2D eigenvalue weighted by molar-refractivity contribution is 8.13. The number of nitrogens with one attached hydrogen (secondary N) is 1. The summed E-state index contributed by atoms with van der Waals surface area (Å²) in [6.45, 7) is 2.07. The Morgan fingerprint density at radius 3 is 2.78 bits per heavy atom. The molecule has 0 bridgehead atoms. The van der Waals surface area contributed by atoms with Crippen LogP contribution in [-0.2, 0) is 0 Å². The normalized spacial score (nSPS) is 10.6. The zero-order chi connectivity index (χ0) is 13.5. The molecule has 0 aliphatic rings. The van der Waals surface area contributed by atoms with E-state index in [1.165, 1.54) is 0 Å². The number of hydrogen-bond acceptors (Lipinski definition) is 4. The molecule has 5 nitrogen and oxygen atoms in total. The molecule has 0 saturated carbocycles. The number of rotatable bonds is 5. The lowest BCUT2D eigenvalue weighted by atomic mass is 10.2. The zero-order valence-corrected chi connectivity index (χ0v) is 10.9. The molecule has 100 valence electrons. The SMILES string of the molecule is CCCCCCSC(=O)n1c(=O)[nH]cc(F)c1=O. The lowest BCUT2D eigenvalue weighted by Gasteiger charge is -2.02. The Labute approximate surface area is 107 Å². The molecule has 0 radical (unpaired) electrons. The predicted molar refractivity (Wildman–Crippen MR) is 68.7 cm³/mol. The van der Waals surface area contributed by atoms with Crippen molar-refractivity contribution in [3.8, 4) is 0 Å². The van der Waals surface area contributed by atoms with Gasteiger partial charge in [-0.25, -0.2) is 4.79 Å². The van der Waals surface area contributed by atoms with Crippen molar-refractivity contribution in [1.29, 1.82) is 0 Å². The van der Waals surface area contributed by atoms with Gasteiger partial charge in [0.05, 0.1) is 0 Å². The molecule has 0 atom stereocenters. The summed E-state index contributed by atoms with van der Waals surface area (Å²) in [4.78, 5) is 36.2. The standard InChI is InChI=1S/C11H15FN2O3S/c1-2-3-4-5-6-18-11(17)14-9(15)8(12)7-13-10(14)16/h7H,2-6H2,1H3,(H,13,16). The summed E-state index contributed by atoms with van der Waals surface area (Å²) in [5, 5.41) is -0.739. The molecule has 1 rings (SSSR count). The Morgan fingerprint density at radius 1 is 1.39 bits per heavy atom. The Balaban J connectivity index is 2.65. The first-order chi connectivity index (χ1) is 8.57. The monoisotopic (exact) mass is 274 g/mol. The third-order valence-electron chi connectivity index (χ3n) is 2.34. The number of aromatic nitrogens is 2. The molecule has 0 aliphatic heterocycles. The second-order valence-corrected chi connectivity index (χ2v) is 4.80. The van der Waals surface area contributed by atoms with E-state index in [0.717, 1.165) is 37.4 Å². The molecule has 0 amide bonds. The van der Waals surface area contributed by atoms with Gasteiger partial charge >= 0.3 is 5.69 Å². The Morgan fingerprint density at radius 2 is 2.11 bits per heavy atom. The molecular formula is C11H15FN2O3S. The zero-order valence-electron chi connectivity index (χ0n) is 10.1. The number of thioether (sulfide) groups is 1. The number of unbranched alkanes of at least 4 members (excludes halogenated alkanes) is 3. The molecule has 1 heterocycles. The van der Waals surface area contributed by atoms with E-state index < -0.39 is 22.3 Å². The molecule has 0 spiro atoms. The van der Waals surface area contributed by atoms with Crippen molar-refractivity contribution in [3.05, 3.63) is 32.9 Å². The third-order valence-corrected chi connectivity index (χ3v) is 3.26. The summed E-state index contributed by atoms with van der Waals surface area (Å²) >= 11 is 0.854. The molecule has 0 unspecified atom stereocenters. The van der Waals surface area contributed by atoms with Gasteiger partial charge in [-0.1, -0.05) is 37.9 Å². The number of carbonyl (C=O) groups excluding carboxylic acids is 1. The average Bonchev–Trinajstić information content (AvgIpc) is 2.34. The van der Waals surface area contributed by atoms with Gasteiger partial charge in [-0.3, -0.25) is 9.59 Å². The summed E-state index contributed by atoms with van der Waals surface area (Å²) in [5.41, 5.74) is -2.11. The fourth-order valence-electron chi connectivity index (χ4n) is 1.37. The number of H-pyrrole nitrogens is 1. The predicted octanol–water partition coefficient (Wildman–Crippen LogP) is 1.96. The fraction of sp³-hybridized carbons (Fsp3) is 0.545. The smallest absolute Gasteiger partial charge is 0.311 e. The maximum Gasteiger partial charge on any atom is 0.336 e. The highest BCUT2D eigenvalue weighted by Gasteiger charge is 2.14. The third kappa shape index (κ3) is 3.83. The molecule has 18 heavy (non-hydrogen) atoms. The molecule has 1 aromatic rings. The topological polar surface area (TPSA) is 71.9 Å². The maximum absolute atomic E-state index is 12.9. The van der Waals surface area contributed by atoms with Crippen LogP contribution in [0.15, 0.2) is 15.8 Å². The van der Waals surface area contributed by atoms with Crippen molar-refractivity contribution >= 4 is 17.0 Å². The van der Waals surface area contributed by atoms with Crippen LogP contribution in [0.1, 0.15) is 32.6 Å². The van der Waals surface area contributed by atoms with Crippen molar-refractivity contribution in [2.75, 3.05) is 5.75 Å². The average molecular weight is 274 g/mol. The highest BCUT2D eigenvalue weighted by atomic mass is 32.2. The van der Waals surface area contributed by atoms with Crippen LogP contribution < -0.4 is 11.2 Å². The van der Waals surface area contributed by atoms with Gasteiger partial charge in [0, 0.05) is 11.9 Å². The van der Waals surface area contributed by atoms with E-state index in [9.17, 15) is 18.8 Å². The second-order valence-electron chi connectivity index (χ2n) is 3.76. The van der Waals surface area contributed by atoms with Gasteiger partial charge in [-0.05, 0) is 6.42 Å². The molecular weight excluding hydrogens is 259 g/mol. The van der Waals surface area contributed by atoms with Gasteiger partial charge in [0.15, 0.2) is 0 Å². The van der Waals surface area contributed by atoms with Crippen LogP contribution in [0.5, 0.6) is 0 Å². The van der Waals surface area contributed by atoms with E-state index in [1.807, 2.05) is 4.98 Å². The van der Waals surface area contributed by atoms with Crippen LogP contribution in [0.2, 0.25) is 0 Å². The number of halogens is 1. The van der Waals surface area contributed by atoms with Gasteiger partial charge in [-0.15, -0.1) is 0 Å². The number of nitrogens with zero attached hydrogens (tertiary/aromatic N) is 1. The lowest BCUT2D eigenvalue weighted by Crippen LogP contribution is -2.39. The Bertz CT molecular complexity index is 524. The van der Waals surface area contributed by atoms with Gasteiger partial charge in [0.25, 0.3) is 10.8 Å². The lowest BCUT2D eigenvalue weighted by molar-refractivity contribution is 0.260. The number of aromatic amines is 1. The summed E-state index contributed by atoms with van der Waals surface area (Å²) in [6, 6.07) is 0. The first kappa shape index (κ1) is 14.7. The summed E-state index contributed by atoms with van der Waals surface area (Å²) in [7, 11) is 0. The number of hydrogen-bond donors (Lipinski definition) is 1.